The van der Waals surface area contributed by atoms with Crippen LogP contribution in [0.5, 0.6) is 11.5 Å². The molecule has 0 saturated heterocycles. The Morgan fingerprint density at radius 1 is 0.519 bits per heavy atom. The number of fused-ring (bicyclic) bond motifs is 9. The van der Waals surface area contributed by atoms with Crippen molar-refractivity contribution in [1.82, 2.24) is 0 Å². The van der Waals surface area contributed by atoms with Crippen LogP contribution in [0.25, 0.3) is 21.9 Å². The highest BCUT2D eigenvalue weighted by atomic mass is 16.5. The molecule has 0 N–H and O–H groups in total. The molecular formula is C52H49NO. The molecule has 6 atom stereocenters. The molecule has 12 rings (SSSR count). The van der Waals surface area contributed by atoms with E-state index in [4.69, 9.17) is 4.74 Å². The normalized spacial score (nSPS) is 29.6. The number of ether oxygens (including phenoxy) is 1. The second-order valence-corrected chi connectivity index (χ2v) is 19.3. The summed E-state index contributed by atoms with van der Waals surface area (Å²) in [6.45, 7) is 9.71. The van der Waals surface area contributed by atoms with E-state index in [0.29, 0.717) is 5.41 Å². The van der Waals surface area contributed by atoms with Crippen LogP contribution in [0.15, 0.2) is 127 Å². The van der Waals surface area contributed by atoms with Crippen molar-refractivity contribution in [3.8, 4) is 22.6 Å². The molecule has 5 aliphatic carbocycles. The first-order chi connectivity index (χ1) is 26.2. The first kappa shape index (κ1) is 31.5. The highest BCUT2D eigenvalue weighted by Crippen LogP contribution is 2.89. The van der Waals surface area contributed by atoms with Crippen LogP contribution in [0.4, 0.5) is 17.1 Å². The Hall–Kier alpha value is -4.82. The summed E-state index contributed by atoms with van der Waals surface area (Å²) in [6.07, 6.45) is 8.13. The van der Waals surface area contributed by atoms with Crippen molar-refractivity contribution < 1.29 is 4.74 Å². The maximum atomic E-state index is 7.00. The smallest absolute Gasteiger partial charge is 0.133 e. The molecule has 2 nitrogen and oxygen atoms in total. The van der Waals surface area contributed by atoms with Crippen molar-refractivity contribution >= 4 is 27.8 Å². The third-order valence-corrected chi connectivity index (χ3v) is 16.0. The van der Waals surface area contributed by atoms with E-state index in [9.17, 15) is 0 Å². The van der Waals surface area contributed by atoms with Crippen molar-refractivity contribution in [2.45, 2.75) is 82.5 Å². The zero-order valence-corrected chi connectivity index (χ0v) is 32.0. The van der Waals surface area contributed by atoms with E-state index in [1.165, 1.54) is 88.4 Å². The number of hydrogen-bond acceptors (Lipinski definition) is 2. The Labute approximate surface area is 320 Å². The number of nitrogens with zero attached hydrogens (tertiary/aromatic N) is 1. The van der Waals surface area contributed by atoms with Gasteiger partial charge in [0, 0.05) is 39.7 Å². The van der Waals surface area contributed by atoms with Gasteiger partial charge in [-0.25, -0.2) is 0 Å². The molecule has 6 aliphatic rings. The second-order valence-electron chi connectivity index (χ2n) is 19.3. The van der Waals surface area contributed by atoms with E-state index in [0.717, 1.165) is 46.5 Å². The van der Waals surface area contributed by atoms with Crippen LogP contribution in [-0.2, 0) is 16.2 Å². The fourth-order valence-corrected chi connectivity index (χ4v) is 13.5. The number of rotatable bonds is 4. The molecule has 54 heavy (non-hydrogen) atoms. The molecule has 2 spiro atoms. The minimum absolute atomic E-state index is 0.0855. The summed E-state index contributed by atoms with van der Waals surface area (Å²) >= 11 is 0. The van der Waals surface area contributed by atoms with Crippen LogP contribution in [0.1, 0.15) is 88.5 Å². The van der Waals surface area contributed by atoms with E-state index in [-0.39, 0.29) is 16.2 Å². The summed E-state index contributed by atoms with van der Waals surface area (Å²) in [5.74, 6) is 5.50. The molecule has 1 aliphatic heterocycles. The SMILES string of the molecule is CC1(C)CCC(C)(C)c2cc(N(c3ccc(-c4ccc5ccccc5c4)cc3)c3ccc4c(c3)Oc3ccccc3C43C4CC5CC6CC3C64C5)ccc21. The molecule has 268 valence electrons. The summed E-state index contributed by atoms with van der Waals surface area (Å²) in [5, 5.41) is 2.55. The molecule has 2 heteroatoms. The van der Waals surface area contributed by atoms with Gasteiger partial charge in [0.05, 0.1) is 0 Å². The molecule has 6 unspecified atom stereocenters. The van der Waals surface area contributed by atoms with Crippen molar-refractivity contribution in [2.75, 3.05) is 4.90 Å². The lowest BCUT2D eigenvalue weighted by Crippen LogP contribution is -2.74. The van der Waals surface area contributed by atoms with Crippen molar-refractivity contribution in [3.63, 3.8) is 0 Å². The quantitative estimate of drug-likeness (QED) is 0.181. The van der Waals surface area contributed by atoms with Gasteiger partial charge in [0.1, 0.15) is 11.5 Å². The standard InChI is InChI=1S/C52H49NO/c1-49(2)23-24-50(3,4)44-29-39(19-21-41(44)49)53(38-17-15-34(16-18-38)36-14-13-33-9-5-6-10-35(33)27-36)40-20-22-43-46(30-40)54-45-12-8-7-11-42(45)52(43)47-26-32-25-37-28-48(52)51(37,47)31-32/h5-22,27,29-30,32,37,47-48H,23-26,28,31H2,1-4H3. The van der Waals surface area contributed by atoms with Crippen molar-refractivity contribution in [3.05, 3.63) is 150 Å². The Balaban J connectivity index is 1.01. The number of para-hydroxylation sites is 1. The van der Waals surface area contributed by atoms with Gasteiger partial charge in [-0.05, 0) is 154 Å². The van der Waals surface area contributed by atoms with Gasteiger partial charge in [0.25, 0.3) is 0 Å². The van der Waals surface area contributed by atoms with Gasteiger partial charge in [-0.15, -0.1) is 0 Å². The predicted molar refractivity (Wildman–Crippen MR) is 222 cm³/mol. The topological polar surface area (TPSA) is 12.5 Å². The third-order valence-electron chi connectivity index (χ3n) is 16.0. The Bertz CT molecular complexity index is 2540. The minimum Gasteiger partial charge on any atom is -0.457 e. The number of hydrogen-bond donors (Lipinski definition) is 0. The van der Waals surface area contributed by atoms with E-state index >= 15 is 0 Å². The molecule has 1 heterocycles. The van der Waals surface area contributed by atoms with Crippen molar-refractivity contribution in [2.24, 2.45) is 29.1 Å². The minimum atomic E-state index is 0.0855. The van der Waals surface area contributed by atoms with Gasteiger partial charge < -0.3 is 9.64 Å². The first-order valence-corrected chi connectivity index (χ1v) is 20.6. The average Bonchev–Trinajstić information content (AvgIpc) is 3.72. The van der Waals surface area contributed by atoms with Gasteiger partial charge in [-0.2, -0.15) is 0 Å². The Kier molecular flexibility index (Phi) is 6.12. The maximum Gasteiger partial charge on any atom is 0.133 e. The maximum absolute atomic E-state index is 7.00. The molecule has 6 aromatic rings. The van der Waals surface area contributed by atoms with Gasteiger partial charge in [0.15, 0.2) is 0 Å². The largest absolute Gasteiger partial charge is 0.457 e. The van der Waals surface area contributed by atoms with Crippen molar-refractivity contribution in [1.29, 1.82) is 0 Å². The van der Waals surface area contributed by atoms with Gasteiger partial charge in [0.2, 0.25) is 0 Å². The van der Waals surface area contributed by atoms with Gasteiger partial charge in [-0.1, -0.05) is 107 Å². The molecule has 0 radical (unpaired) electrons. The summed E-state index contributed by atoms with van der Waals surface area (Å²) in [6, 6.07) is 48.3. The second kappa shape index (κ2) is 10.5. The Morgan fingerprint density at radius 2 is 1.17 bits per heavy atom. The molecule has 0 aromatic heterocycles. The lowest BCUT2D eigenvalue weighted by atomic mass is 9.26. The molecule has 0 amide bonds. The average molecular weight is 704 g/mol. The molecule has 4 fully saturated rings. The van der Waals surface area contributed by atoms with E-state index in [1.54, 1.807) is 0 Å². The van der Waals surface area contributed by atoms with Crippen LogP contribution in [0, 0.1) is 29.1 Å². The van der Waals surface area contributed by atoms with Crippen LogP contribution < -0.4 is 9.64 Å². The Morgan fingerprint density at radius 3 is 1.98 bits per heavy atom. The monoisotopic (exact) mass is 703 g/mol. The zero-order valence-electron chi connectivity index (χ0n) is 32.0. The molecule has 4 saturated carbocycles. The summed E-state index contributed by atoms with van der Waals surface area (Å²) < 4.78 is 7.00. The molecule has 6 aromatic carbocycles. The third kappa shape index (κ3) is 3.92. The molecule has 2 bridgehead atoms. The highest BCUT2D eigenvalue weighted by Gasteiger charge is 2.84. The van der Waals surface area contributed by atoms with Crippen LogP contribution in [0.2, 0.25) is 0 Å². The van der Waals surface area contributed by atoms with E-state index in [1.807, 2.05) is 0 Å². The predicted octanol–water partition coefficient (Wildman–Crippen LogP) is 13.8. The van der Waals surface area contributed by atoms with Crippen LogP contribution >= 0.6 is 0 Å². The lowest BCUT2D eigenvalue weighted by molar-refractivity contribution is -0.235. The summed E-state index contributed by atoms with van der Waals surface area (Å²) in [5.41, 5.74) is 12.8. The van der Waals surface area contributed by atoms with E-state index in [2.05, 4.69) is 160 Å². The van der Waals surface area contributed by atoms with Gasteiger partial charge >= 0.3 is 0 Å². The molecular weight excluding hydrogens is 655 g/mol. The first-order valence-electron chi connectivity index (χ1n) is 20.6. The lowest BCUT2D eigenvalue weighted by Gasteiger charge is -2.77. The number of anilines is 3. The van der Waals surface area contributed by atoms with Crippen LogP contribution in [0.3, 0.4) is 0 Å². The summed E-state index contributed by atoms with van der Waals surface area (Å²) in [4.78, 5) is 2.48. The fourth-order valence-electron chi connectivity index (χ4n) is 13.5. The summed E-state index contributed by atoms with van der Waals surface area (Å²) in [7, 11) is 0. The van der Waals surface area contributed by atoms with Gasteiger partial charge in [-0.3, -0.25) is 0 Å². The number of benzene rings is 6. The van der Waals surface area contributed by atoms with E-state index < -0.39 is 0 Å². The fraction of sp³-hybridized carbons (Fsp3) is 0.346. The zero-order chi connectivity index (χ0) is 36.2. The highest BCUT2D eigenvalue weighted by molar-refractivity contribution is 5.88. The van der Waals surface area contributed by atoms with Crippen LogP contribution in [-0.4, -0.2) is 0 Å².